The van der Waals surface area contributed by atoms with Gasteiger partial charge in [-0.2, -0.15) is 0 Å². The second-order valence-electron chi connectivity index (χ2n) is 6.20. The predicted octanol–water partition coefficient (Wildman–Crippen LogP) is 4.00. The van der Waals surface area contributed by atoms with Crippen LogP contribution in [-0.2, 0) is 0 Å². The van der Waals surface area contributed by atoms with Crippen molar-refractivity contribution in [3.05, 3.63) is 41.3 Å². The maximum absolute atomic E-state index is 12.6. The lowest BCUT2D eigenvalue weighted by Crippen LogP contribution is -2.29. The Morgan fingerprint density at radius 3 is 2.65 bits per heavy atom. The second kappa shape index (κ2) is 7.67. The van der Waals surface area contributed by atoms with Gasteiger partial charge < -0.3 is 15.0 Å². The summed E-state index contributed by atoms with van der Waals surface area (Å²) in [6.45, 7) is 2.39. The van der Waals surface area contributed by atoms with Gasteiger partial charge in [0.05, 0.1) is 4.88 Å². The third-order valence-corrected chi connectivity index (χ3v) is 5.38. The molecule has 0 aliphatic carbocycles. The van der Waals surface area contributed by atoms with Gasteiger partial charge in [-0.1, -0.05) is 0 Å². The highest BCUT2D eigenvalue weighted by molar-refractivity contribution is 7.17. The van der Waals surface area contributed by atoms with Gasteiger partial charge in [0.15, 0.2) is 0 Å². The van der Waals surface area contributed by atoms with Gasteiger partial charge in [-0.25, -0.2) is 0 Å². The molecule has 3 rings (SSSR count). The van der Waals surface area contributed by atoms with E-state index in [0.29, 0.717) is 10.8 Å². The number of hydrogen-bond donors (Lipinski definition) is 1. The maximum atomic E-state index is 12.6. The number of carbonyl (C=O) groups excluding carboxylic acids is 1. The Balaban J connectivity index is 1.67. The quantitative estimate of drug-likeness (QED) is 0.847. The summed E-state index contributed by atoms with van der Waals surface area (Å²) in [7, 11) is 1.90. The Morgan fingerprint density at radius 2 is 2.00 bits per heavy atom. The first kappa shape index (κ1) is 18.7. The Morgan fingerprint density at radius 1 is 1.27 bits per heavy atom. The van der Waals surface area contributed by atoms with Gasteiger partial charge in [-0.15, -0.1) is 24.5 Å². The van der Waals surface area contributed by atoms with Crippen LogP contribution >= 0.6 is 11.3 Å². The molecule has 8 heteroatoms. The van der Waals surface area contributed by atoms with E-state index in [1.807, 2.05) is 18.0 Å². The highest BCUT2D eigenvalue weighted by atomic mass is 32.1. The number of likely N-dealkylation sites (tertiary alicyclic amines) is 1. The molecule has 1 aromatic heterocycles. The zero-order valence-corrected chi connectivity index (χ0v) is 15.0. The number of thiophene rings is 1. The molecule has 0 spiro atoms. The van der Waals surface area contributed by atoms with Crippen molar-refractivity contribution in [1.29, 1.82) is 0 Å². The Bertz CT molecular complexity index is 759. The number of ether oxygens (including phenoxy) is 1. The van der Waals surface area contributed by atoms with Crippen LogP contribution in [0.3, 0.4) is 0 Å². The monoisotopic (exact) mass is 384 g/mol. The smallest absolute Gasteiger partial charge is 0.406 e. The highest BCUT2D eigenvalue weighted by Gasteiger charge is 2.31. The molecule has 140 valence electrons. The van der Waals surface area contributed by atoms with Crippen molar-refractivity contribution >= 4 is 17.2 Å². The predicted molar refractivity (Wildman–Crippen MR) is 94.4 cm³/mol. The van der Waals surface area contributed by atoms with Gasteiger partial charge >= 0.3 is 6.36 Å². The van der Waals surface area contributed by atoms with E-state index < -0.39 is 6.36 Å². The van der Waals surface area contributed by atoms with Gasteiger partial charge in [0.2, 0.25) is 0 Å². The Labute approximate surface area is 153 Å². The number of amides is 1. The van der Waals surface area contributed by atoms with Crippen LogP contribution in [-0.4, -0.2) is 43.9 Å². The maximum Gasteiger partial charge on any atom is 0.573 e. The molecule has 26 heavy (non-hydrogen) atoms. The minimum absolute atomic E-state index is 0.0110. The number of benzene rings is 1. The second-order valence-corrected chi connectivity index (χ2v) is 7.28. The van der Waals surface area contributed by atoms with E-state index in [9.17, 15) is 18.0 Å². The lowest BCUT2D eigenvalue weighted by molar-refractivity contribution is -0.274. The van der Waals surface area contributed by atoms with E-state index in [-0.39, 0.29) is 11.7 Å². The van der Waals surface area contributed by atoms with Crippen molar-refractivity contribution in [2.24, 2.45) is 5.92 Å². The summed E-state index contributed by atoms with van der Waals surface area (Å²) in [5, 5.41) is 3.14. The summed E-state index contributed by atoms with van der Waals surface area (Å²) >= 11 is 1.34. The summed E-state index contributed by atoms with van der Waals surface area (Å²) in [5.41, 5.74) is 0.748. The molecule has 1 N–H and O–H groups in total. The van der Waals surface area contributed by atoms with Crippen molar-refractivity contribution < 1.29 is 22.7 Å². The molecule has 1 unspecified atom stereocenters. The van der Waals surface area contributed by atoms with Crippen LogP contribution < -0.4 is 10.1 Å². The topological polar surface area (TPSA) is 41.6 Å². The van der Waals surface area contributed by atoms with Crippen LogP contribution in [0.1, 0.15) is 16.1 Å². The molecule has 2 aromatic rings. The fraction of sp³-hybridized carbons (Fsp3) is 0.389. The van der Waals surface area contributed by atoms with Crippen molar-refractivity contribution in [2.75, 3.05) is 26.7 Å². The summed E-state index contributed by atoms with van der Waals surface area (Å²) in [6, 6.07) is 9.24. The van der Waals surface area contributed by atoms with Crippen LogP contribution in [0.5, 0.6) is 5.75 Å². The summed E-state index contributed by atoms with van der Waals surface area (Å²) in [6.07, 6.45) is -3.71. The molecule has 1 amide bonds. The number of hydrogen-bond acceptors (Lipinski definition) is 4. The minimum Gasteiger partial charge on any atom is -0.406 e. The van der Waals surface area contributed by atoms with E-state index in [1.54, 1.807) is 18.2 Å². The lowest BCUT2D eigenvalue weighted by atomic mass is 10.1. The molecule has 4 nitrogen and oxygen atoms in total. The van der Waals surface area contributed by atoms with Gasteiger partial charge in [0.25, 0.3) is 5.91 Å². The number of nitrogens with zero attached hydrogens (tertiary/aromatic N) is 1. The largest absolute Gasteiger partial charge is 0.573 e. The first-order chi connectivity index (χ1) is 12.4. The summed E-state index contributed by atoms with van der Waals surface area (Å²) < 4.78 is 40.5. The molecule has 1 aliphatic rings. The van der Waals surface area contributed by atoms with Gasteiger partial charge in [-0.3, -0.25) is 4.79 Å². The average molecular weight is 384 g/mol. The summed E-state index contributed by atoms with van der Waals surface area (Å²) in [4.78, 5) is 16.0. The fourth-order valence-corrected chi connectivity index (χ4v) is 4.04. The van der Waals surface area contributed by atoms with Crippen molar-refractivity contribution in [3.8, 4) is 16.2 Å². The third kappa shape index (κ3) is 4.56. The number of halogens is 3. The molecule has 1 atom stereocenters. The van der Waals surface area contributed by atoms with E-state index >= 15 is 0 Å². The Hall–Kier alpha value is -2.06. The van der Waals surface area contributed by atoms with Crippen LogP contribution in [0.4, 0.5) is 13.2 Å². The van der Waals surface area contributed by atoms with Crippen LogP contribution in [0.25, 0.3) is 10.4 Å². The first-order valence-corrected chi connectivity index (χ1v) is 9.07. The molecular formula is C18H19F3N2O2S. The van der Waals surface area contributed by atoms with Crippen molar-refractivity contribution in [1.82, 2.24) is 10.2 Å². The summed E-state index contributed by atoms with van der Waals surface area (Å²) in [5.74, 6) is 0.225. The van der Waals surface area contributed by atoms with Crippen LogP contribution in [0.2, 0.25) is 0 Å². The van der Waals surface area contributed by atoms with E-state index in [0.717, 1.165) is 36.5 Å². The van der Waals surface area contributed by atoms with Crippen molar-refractivity contribution in [3.63, 3.8) is 0 Å². The molecule has 1 aliphatic heterocycles. The third-order valence-electron chi connectivity index (χ3n) is 4.26. The highest BCUT2D eigenvalue weighted by Crippen LogP contribution is 2.32. The molecular weight excluding hydrogens is 365 g/mol. The Kier molecular flexibility index (Phi) is 5.52. The molecule has 0 radical (unpaired) electrons. The first-order valence-electron chi connectivity index (χ1n) is 8.25. The molecule has 1 saturated heterocycles. The number of alkyl halides is 3. The fourth-order valence-electron chi connectivity index (χ4n) is 3.06. The average Bonchev–Trinajstić information content (AvgIpc) is 3.23. The normalized spacial score (nSPS) is 17.5. The lowest BCUT2D eigenvalue weighted by Gasteiger charge is -2.15. The SMILES string of the molecule is CNCC1CCN(C(=O)c2ccc(-c3ccc(OC(F)(F)F)cc3)s2)C1. The molecule has 1 fully saturated rings. The molecule has 0 bridgehead atoms. The zero-order valence-electron chi connectivity index (χ0n) is 14.2. The van der Waals surface area contributed by atoms with Crippen molar-refractivity contribution in [2.45, 2.75) is 12.8 Å². The van der Waals surface area contributed by atoms with Crippen LogP contribution in [0.15, 0.2) is 36.4 Å². The number of nitrogens with one attached hydrogen (secondary N) is 1. The number of rotatable bonds is 5. The molecule has 0 saturated carbocycles. The standard InChI is InChI=1S/C18H19F3N2O2S/c1-22-10-12-8-9-23(11-12)17(24)16-7-6-15(26-16)13-2-4-14(5-3-13)25-18(19,20)21/h2-7,12,22H,8-11H2,1H3. The molecule has 1 aromatic carbocycles. The molecule has 2 heterocycles. The van der Waals surface area contributed by atoms with Gasteiger partial charge in [0, 0.05) is 18.0 Å². The minimum atomic E-state index is -4.70. The van der Waals surface area contributed by atoms with Crippen LogP contribution in [0, 0.1) is 5.92 Å². The van der Waals surface area contributed by atoms with E-state index in [2.05, 4.69) is 10.1 Å². The van der Waals surface area contributed by atoms with Gasteiger partial charge in [0.1, 0.15) is 5.75 Å². The van der Waals surface area contributed by atoms with E-state index in [4.69, 9.17) is 0 Å². The zero-order chi connectivity index (χ0) is 18.7. The van der Waals surface area contributed by atoms with E-state index in [1.165, 1.54) is 23.5 Å². The van der Waals surface area contributed by atoms with Gasteiger partial charge in [-0.05, 0) is 67.9 Å². The number of carbonyl (C=O) groups is 1.